The summed E-state index contributed by atoms with van der Waals surface area (Å²) in [6.07, 6.45) is 4.41. The molecule has 2 N–H and O–H groups in total. The predicted octanol–water partition coefficient (Wildman–Crippen LogP) is 4.42. The van der Waals surface area contributed by atoms with Gasteiger partial charge >= 0.3 is 0 Å². The second-order valence-corrected chi connectivity index (χ2v) is 5.71. The molecule has 0 amide bonds. The van der Waals surface area contributed by atoms with Crippen molar-refractivity contribution in [3.63, 3.8) is 0 Å². The Hall–Kier alpha value is -1.60. The molecule has 3 rings (SSSR count). The lowest BCUT2D eigenvalue weighted by Gasteiger charge is -2.13. The molecular formula is C19H23N. The molecule has 1 atom stereocenters. The van der Waals surface area contributed by atoms with E-state index >= 15 is 0 Å². The maximum Gasteiger partial charge on any atom is 0.0300 e. The van der Waals surface area contributed by atoms with Gasteiger partial charge in [-0.25, -0.2) is 0 Å². The second-order valence-electron chi connectivity index (χ2n) is 5.71. The first-order valence-corrected chi connectivity index (χ1v) is 7.74. The van der Waals surface area contributed by atoms with Crippen LogP contribution in [0.4, 0.5) is 0 Å². The van der Waals surface area contributed by atoms with Gasteiger partial charge in [-0.3, -0.25) is 0 Å². The lowest BCUT2D eigenvalue weighted by Crippen LogP contribution is -2.04. The van der Waals surface area contributed by atoms with Gasteiger partial charge in [0.15, 0.2) is 0 Å². The van der Waals surface area contributed by atoms with Gasteiger partial charge in [-0.15, -0.1) is 0 Å². The van der Waals surface area contributed by atoms with Crippen molar-refractivity contribution in [3.8, 4) is 11.1 Å². The summed E-state index contributed by atoms with van der Waals surface area (Å²) in [5, 5.41) is 0. The van der Waals surface area contributed by atoms with E-state index in [-0.39, 0.29) is 6.04 Å². The molecule has 0 saturated carbocycles. The van der Waals surface area contributed by atoms with Crippen molar-refractivity contribution in [1.82, 2.24) is 0 Å². The van der Waals surface area contributed by atoms with Crippen molar-refractivity contribution in [3.05, 3.63) is 58.7 Å². The van der Waals surface area contributed by atoms with Crippen LogP contribution in [-0.2, 0) is 19.3 Å². The molecule has 1 unspecified atom stereocenters. The summed E-state index contributed by atoms with van der Waals surface area (Å²) in [4.78, 5) is 0. The Morgan fingerprint density at radius 3 is 2.60 bits per heavy atom. The van der Waals surface area contributed by atoms with Crippen LogP contribution in [0.2, 0.25) is 0 Å². The molecule has 104 valence electrons. The van der Waals surface area contributed by atoms with Crippen molar-refractivity contribution in [2.45, 2.75) is 45.6 Å². The molecule has 0 radical (unpaired) electrons. The Morgan fingerprint density at radius 1 is 1.05 bits per heavy atom. The van der Waals surface area contributed by atoms with Crippen LogP contribution in [0.25, 0.3) is 11.1 Å². The highest BCUT2D eigenvalue weighted by atomic mass is 14.6. The van der Waals surface area contributed by atoms with Crippen LogP contribution < -0.4 is 5.73 Å². The summed E-state index contributed by atoms with van der Waals surface area (Å²) in [6, 6.07) is 13.8. The molecule has 0 fully saturated rings. The molecule has 1 heteroatoms. The molecule has 1 aliphatic carbocycles. The summed E-state index contributed by atoms with van der Waals surface area (Å²) in [5.41, 5.74) is 14.7. The van der Waals surface area contributed by atoms with E-state index in [0.29, 0.717) is 0 Å². The van der Waals surface area contributed by atoms with Gasteiger partial charge in [0.25, 0.3) is 0 Å². The van der Waals surface area contributed by atoms with Gasteiger partial charge in [-0.1, -0.05) is 50.2 Å². The van der Waals surface area contributed by atoms with Crippen molar-refractivity contribution in [1.29, 1.82) is 0 Å². The van der Waals surface area contributed by atoms with Gasteiger partial charge in [-0.05, 0) is 59.1 Å². The van der Waals surface area contributed by atoms with E-state index in [0.717, 1.165) is 25.7 Å². The van der Waals surface area contributed by atoms with Crippen molar-refractivity contribution in [2.75, 3.05) is 0 Å². The van der Waals surface area contributed by atoms with Gasteiger partial charge in [0.05, 0.1) is 0 Å². The molecule has 0 spiro atoms. The topological polar surface area (TPSA) is 26.0 Å². The first-order valence-electron chi connectivity index (χ1n) is 7.74. The van der Waals surface area contributed by atoms with Crippen LogP contribution in [-0.4, -0.2) is 0 Å². The Morgan fingerprint density at radius 2 is 1.85 bits per heavy atom. The number of fused-ring (bicyclic) bond motifs is 1. The standard InChI is InChI=1S/C19H23N/c1-3-13-8-9-15(12-14(13)4-2)16-6-5-7-18-17(16)10-11-19(18)20/h5-9,12,19H,3-4,10-11,20H2,1-2H3. The third-order valence-electron chi connectivity index (χ3n) is 4.60. The van der Waals surface area contributed by atoms with Crippen molar-refractivity contribution in [2.24, 2.45) is 5.73 Å². The predicted molar refractivity (Wildman–Crippen MR) is 85.9 cm³/mol. The first-order chi connectivity index (χ1) is 9.74. The fourth-order valence-corrected chi connectivity index (χ4v) is 3.42. The number of hydrogen-bond acceptors (Lipinski definition) is 1. The lowest BCUT2D eigenvalue weighted by molar-refractivity contribution is 0.713. The molecule has 0 aromatic heterocycles. The van der Waals surface area contributed by atoms with E-state index in [1.54, 1.807) is 0 Å². The van der Waals surface area contributed by atoms with Gasteiger partial charge in [0, 0.05) is 6.04 Å². The molecule has 20 heavy (non-hydrogen) atoms. The van der Waals surface area contributed by atoms with Crippen molar-refractivity contribution >= 4 is 0 Å². The zero-order chi connectivity index (χ0) is 14.1. The number of hydrogen-bond donors (Lipinski definition) is 1. The van der Waals surface area contributed by atoms with E-state index in [2.05, 4.69) is 50.2 Å². The van der Waals surface area contributed by atoms with Gasteiger partial charge in [-0.2, -0.15) is 0 Å². The smallest absolute Gasteiger partial charge is 0.0300 e. The van der Waals surface area contributed by atoms with Crippen LogP contribution >= 0.6 is 0 Å². The maximum atomic E-state index is 6.20. The quantitative estimate of drug-likeness (QED) is 0.873. The summed E-state index contributed by atoms with van der Waals surface area (Å²) < 4.78 is 0. The molecular weight excluding hydrogens is 242 g/mol. The Bertz CT molecular complexity index is 628. The Kier molecular flexibility index (Phi) is 3.62. The van der Waals surface area contributed by atoms with Crippen LogP contribution in [0.5, 0.6) is 0 Å². The van der Waals surface area contributed by atoms with Crippen LogP contribution in [0, 0.1) is 0 Å². The average molecular weight is 265 g/mol. The van der Waals surface area contributed by atoms with E-state index in [1.807, 2.05) is 0 Å². The third-order valence-corrected chi connectivity index (χ3v) is 4.60. The van der Waals surface area contributed by atoms with Crippen LogP contribution in [0.3, 0.4) is 0 Å². The lowest BCUT2D eigenvalue weighted by atomic mass is 9.92. The molecule has 0 heterocycles. The number of benzene rings is 2. The fourth-order valence-electron chi connectivity index (χ4n) is 3.42. The first kappa shape index (κ1) is 13.4. The number of nitrogens with two attached hydrogens (primary N) is 1. The average Bonchev–Trinajstić information content (AvgIpc) is 2.88. The monoisotopic (exact) mass is 265 g/mol. The summed E-state index contributed by atoms with van der Waals surface area (Å²) in [5.74, 6) is 0. The minimum Gasteiger partial charge on any atom is -0.324 e. The zero-order valence-electron chi connectivity index (χ0n) is 12.4. The highest BCUT2D eigenvalue weighted by molar-refractivity contribution is 5.71. The van der Waals surface area contributed by atoms with Gasteiger partial charge in [0.1, 0.15) is 0 Å². The Labute approximate surface area is 121 Å². The SMILES string of the molecule is CCc1ccc(-c2cccc3c2CCC3N)cc1CC. The van der Waals surface area contributed by atoms with Crippen LogP contribution in [0.15, 0.2) is 36.4 Å². The van der Waals surface area contributed by atoms with Crippen molar-refractivity contribution < 1.29 is 0 Å². The van der Waals surface area contributed by atoms with E-state index in [4.69, 9.17) is 5.73 Å². The van der Waals surface area contributed by atoms with E-state index in [1.165, 1.54) is 33.4 Å². The molecule has 1 aliphatic rings. The molecule has 0 aliphatic heterocycles. The molecule has 2 aromatic rings. The summed E-state index contributed by atoms with van der Waals surface area (Å²) in [6.45, 7) is 4.47. The highest BCUT2D eigenvalue weighted by Crippen LogP contribution is 2.37. The largest absolute Gasteiger partial charge is 0.324 e. The molecule has 0 saturated heterocycles. The number of aryl methyl sites for hydroxylation is 2. The normalized spacial score (nSPS) is 17.2. The summed E-state index contributed by atoms with van der Waals surface area (Å²) in [7, 11) is 0. The molecule has 1 nitrogen and oxygen atoms in total. The number of rotatable bonds is 3. The third kappa shape index (κ3) is 2.16. The molecule has 2 aromatic carbocycles. The van der Waals surface area contributed by atoms with Gasteiger partial charge < -0.3 is 5.73 Å². The maximum absolute atomic E-state index is 6.20. The highest BCUT2D eigenvalue weighted by Gasteiger charge is 2.21. The minimum atomic E-state index is 0.227. The van der Waals surface area contributed by atoms with Gasteiger partial charge in [0.2, 0.25) is 0 Å². The zero-order valence-corrected chi connectivity index (χ0v) is 12.4. The minimum absolute atomic E-state index is 0.227. The van der Waals surface area contributed by atoms with E-state index in [9.17, 15) is 0 Å². The Balaban J connectivity index is 2.11. The van der Waals surface area contributed by atoms with E-state index < -0.39 is 0 Å². The van der Waals surface area contributed by atoms with Crippen LogP contribution in [0.1, 0.15) is 48.6 Å². The fraction of sp³-hybridized carbons (Fsp3) is 0.368. The second kappa shape index (κ2) is 5.41. The molecule has 0 bridgehead atoms. The summed E-state index contributed by atoms with van der Waals surface area (Å²) >= 11 is 0.